The predicted octanol–water partition coefficient (Wildman–Crippen LogP) is 5.37. The standard InChI is InChI=1S/C26H23Cl2N7O3S/c27-17-1-3-21(28)24(10-17)39(36,37)34-18-2-4-22-23(11-18)38-26(33-22)20-9-15(12-31-25(20)29)16-13-32-35(14-16)19-5-7-30-8-6-19/h1-4,9-14,19,30,34H,5-8H2,(H2,29,31). The number of halogens is 2. The van der Waals surface area contributed by atoms with Gasteiger partial charge in [-0.3, -0.25) is 9.40 Å². The highest BCUT2D eigenvalue weighted by molar-refractivity contribution is 7.92. The zero-order chi connectivity index (χ0) is 27.1. The van der Waals surface area contributed by atoms with Gasteiger partial charge in [-0.15, -0.1) is 0 Å². The molecule has 4 N–H and O–H groups in total. The molecular formula is C26H23Cl2N7O3S. The summed E-state index contributed by atoms with van der Waals surface area (Å²) in [6.45, 7) is 1.95. The number of oxazole rings is 1. The van der Waals surface area contributed by atoms with Gasteiger partial charge in [-0.05, 0) is 62.3 Å². The van der Waals surface area contributed by atoms with Crippen molar-refractivity contribution in [1.82, 2.24) is 25.1 Å². The van der Waals surface area contributed by atoms with Gasteiger partial charge in [-0.1, -0.05) is 23.2 Å². The van der Waals surface area contributed by atoms with Crippen LogP contribution in [0.15, 0.2) is 70.4 Å². The molecule has 1 aliphatic rings. The number of piperidine rings is 1. The van der Waals surface area contributed by atoms with E-state index in [1.54, 1.807) is 24.4 Å². The summed E-state index contributed by atoms with van der Waals surface area (Å²) in [6, 6.07) is 11.2. The fraction of sp³-hybridized carbons (Fsp3) is 0.192. The molecule has 0 amide bonds. The van der Waals surface area contributed by atoms with E-state index >= 15 is 0 Å². The first-order valence-electron chi connectivity index (χ1n) is 12.2. The average molecular weight is 584 g/mol. The molecule has 2 aromatic carbocycles. The summed E-state index contributed by atoms with van der Waals surface area (Å²) in [4.78, 5) is 8.77. The Hall–Kier alpha value is -3.64. The summed E-state index contributed by atoms with van der Waals surface area (Å²) in [5.74, 6) is 0.521. The Kier molecular flexibility index (Phi) is 6.67. The summed E-state index contributed by atoms with van der Waals surface area (Å²) in [6.07, 6.45) is 7.58. The smallest absolute Gasteiger partial charge is 0.263 e. The maximum Gasteiger partial charge on any atom is 0.263 e. The fourth-order valence-electron chi connectivity index (χ4n) is 4.56. The summed E-state index contributed by atoms with van der Waals surface area (Å²) in [5.41, 5.74) is 9.61. The van der Waals surface area contributed by atoms with Crippen molar-refractivity contribution in [3.63, 3.8) is 0 Å². The lowest BCUT2D eigenvalue weighted by Crippen LogP contribution is -2.29. The van der Waals surface area contributed by atoms with Gasteiger partial charge in [0.25, 0.3) is 10.0 Å². The first kappa shape index (κ1) is 25.6. The van der Waals surface area contributed by atoms with Gasteiger partial charge in [0.2, 0.25) is 5.89 Å². The molecule has 0 spiro atoms. The molecule has 4 heterocycles. The number of anilines is 2. The number of nitrogens with two attached hydrogens (primary N) is 1. The number of hydrogen-bond acceptors (Lipinski definition) is 8. The molecular weight excluding hydrogens is 561 g/mol. The van der Waals surface area contributed by atoms with Crippen LogP contribution < -0.4 is 15.8 Å². The number of nitrogens with zero attached hydrogens (tertiary/aromatic N) is 4. The molecule has 0 unspecified atom stereocenters. The summed E-state index contributed by atoms with van der Waals surface area (Å²) in [5, 5.41) is 8.24. The SMILES string of the molecule is Nc1ncc(-c2cnn(C3CCNCC3)c2)cc1-c1nc2ccc(NS(=O)(=O)c3cc(Cl)ccc3Cl)cc2o1. The zero-order valence-electron chi connectivity index (χ0n) is 20.4. The number of rotatable bonds is 6. The number of hydrogen-bond donors (Lipinski definition) is 3. The number of nitrogens with one attached hydrogen (secondary N) is 2. The number of sulfonamides is 1. The Labute approximate surface area is 234 Å². The first-order valence-corrected chi connectivity index (χ1v) is 14.4. The third-order valence-corrected chi connectivity index (χ3v) is 8.69. The van der Waals surface area contributed by atoms with E-state index in [4.69, 9.17) is 33.4 Å². The van der Waals surface area contributed by atoms with Crippen molar-refractivity contribution >= 4 is 55.8 Å². The second-order valence-corrected chi connectivity index (χ2v) is 11.7. The molecule has 0 radical (unpaired) electrons. The number of benzene rings is 2. The van der Waals surface area contributed by atoms with Crippen LogP contribution in [0.4, 0.5) is 11.5 Å². The molecule has 1 saturated heterocycles. The van der Waals surface area contributed by atoms with Crippen LogP contribution >= 0.6 is 23.2 Å². The van der Waals surface area contributed by atoms with E-state index in [9.17, 15) is 8.42 Å². The number of fused-ring (bicyclic) bond motifs is 1. The molecule has 6 rings (SSSR count). The summed E-state index contributed by atoms with van der Waals surface area (Å²) in [7, 11) is -4.00. The summed E-state index contributed by atoms with van der Waals surface area (Å²) < 4.78 is 36.3. The molecule has 0 bridgehead atoms. The van der Waals surface area contributed by atoms with E-state index in [0.29, 0.717) is 22.7 Å². The minimum Gasteiger partial charge on any atom is -0.436 e. The molecule has 1 fully saturated rings. The highest BCUT2D eigenvalue weighted by atomic mass is 35.5. The highest BCUT2D eigenvalue weighted by Crippen LogP contribution is 2.33. The Morgan fingerprint density at radius 2 is 1.87 bits per heavy atom. The molecule has 0 saturated carbocycles. The van der Waals surface area contributed by atoms with Gasteiger partial charge < -0.3 is 15.5 Å². The second-order valence-electron chi connectivity index (χ2n) is 9.23. The van der Waals surface area contributed by atoms with Gasteiger partial charge in [0, 0.05) is 34.6 Å². The van der Waals surface area contributed by atoms with E-state index in [2.05, 4.69) is 25.1 Å². The predicted molar refractivity (Wildman–Crippen MR) is 151 cm³/mol. The maximum absolute atomic E-state index is 12.9. The van der Waals surface area contributed by atoms with Crippen molar-refractivity contribution in [2.45, 2.75) is 23.8 Å². The normalized spacial score (nSPS) is 14.6. The number of nitrogen functional groups attached to an aromatic ring is 1. The molecule has 10 nitrogen and oxygen atoms in total. The Morgan fingerprint density at radius 1 is 1.05 bits per heavy atom. The monoisotopic (exact) mass is 583 g/mol. The number of pyridine rings is 1. The van der Waals surface area contributed by atoms with Gasteiger partial charge in [0.15, 0.2) is 5.58 Å². The van der Waals surface area contributed by atoms with Crippen LogP contribution in [-0.4, -0.2) is 41.3 Å². The fourth-order valence-corrected chi connectivity index (χ4v) is 6.37. The maximum atomic E-state index is 12.9. The lowest BCUT2D eigenvalue weighted by atomic mass is 10.1. The lowest BCUT2D eigenvalue weighted by Gasteiger charge is -2.22. The Morgan fingerprint density at radius 3 is 2.69 bits per heavy atom. The van der Waals surface area contributed by atoms with E-state index in [1.165, 1.54) is 18.2 Å². The molecule has 3 aromatic heterocycles. The number of aromatic nitrogens is 4. The second kappa shape index (κ2) is 10.2. The van der Waals surface area contributed by atoms with Crippen LogP contribution in [0.2, 0.25) is 10.0 Å². The lowest BCUT2D eigenvalue weighted by molar-refractivity contribution is 0.343. The molecule has 39 heavy (non-hydrogen) atoms. The van der Waals surface area contributed by atoms with Crippen molar-refractivity contribution in [3.05, 3.63) is 71.1 Å². The van der Waals surface area contributed by atoms with Crippen LogP contribution in [0.5, 0.6) is 0 Å². The van der Waals surface area contributed by atoms with Crippen LogP contribution in [0.3, 0.4) is 0 Å². The third-order valence-electron chi connectivity index (χ3n) is 6.59. The topological polar surface area (TPSA) is 141 Å². The van der Waals surface area contributed by atoms with Gasteiger partial charge >= 0.3 is 0 Å². The van der Waals surface area contributed by atoms with Crippen LogP contribution in [0.25, 0.3) is 33.7 Å². The molecule has 1 aliphatic heterocycles. The van der Waals surface area contributed by atoms with Crippen molar-refractivity contribution in [2.75, 3.05) is 23.5 Å². The molecule has 13 heteroatoms. The van der Waals surface area contributed by atoms with Crippen molar-refractivity contribution in [1.29, 1.82) is 0 Å². The van der Waals surface area contributed by atoms with Crippen LogP contribution in [0, 0.1) is 0 Å². The Bertz CT molecular complexity index is 1800. The first-order chi connectivity index (χ1) is 18.8. The zero-order valence-corrected chi connectivity index (χ0v) is 22.8. The van der Waals surface area contributed by atoms with Crippen LogP contribution in [-0.2, 0) is 10.0 Å². The van der Waals surface area contributed by atoms with E-state index in [0.717, 1.165) is 37.1 Å². The highest BCUT2D eigenvalue weighted by Gasteiger charge is 2.21. The van der Waals surface area contributed by atoms with Crippen LogP contribution in [0.1, 0.15) is 18.9 Å². The van der Waals surface area contributed by atoms with Crippen molar-refractivity contribution in [3.8, 4) is 22.6 Å². The van der Waals surface area contributed by atoms with Crippen molar-refractivity contribution in [2.24, 2.45) is 0 Å². The molecule has 0 aliphatic carbocycles. The average Bonchev–Trinajstić information content (AvgIpc) is 3.58. The van der Waals surface area contributed by atoms with E-state index in [-0.39, 0.29) is 32.3 Å². The molecule has 5 aromatic rings. The Balaban J connectivity index is 1.29. The van der Waals surface area contributed by atoms with E-state index in [1.807, 2.05) is 23.1 Å². The quantitative estimate of drug-likeness (QED) is 0.242. The van der Waals surface area contributed by atoms with E-state index < -0.39 is 10.0 Å². The minimum atomic E-state index is -4.00. The third kappa shape index (κ3) is 5.18. The van der Waals surface area contributed by atoms with Gasteiger partial charge in [0.05, 0.1) is 28.5 Å². The molecule has 200 valence electrons. The largest absolute Gasteiger partial charge is 0.436 e. The van der Waals surface area contributed by atoms with Gasteiger partial charge in [0.1, 0.15) is 16.2 Å². The van der Waals surface area contributed by atoms with Gasteiger partial charge in [-0.2, -0.15) is 5.10 Å². The minimum absolute atomic E-state index is 0.0547. The van der Waals surface area contributed by atoms with Crippen molar-refractivity contribution < 1.29 is 12.8 Å². The molecule has 0 atom stereocenters. The van der Waals surface area contributed by atoms with Gasteiger partial charge in [-0.25, -0.2) is 18.4 Å². The summed E-state index contributed by atoms with van der Waals surface area (Å²) >= 11 is 12.1.